The summed E-state index contributed by atoms with van der Waals surface area (Å²) in [4.78, 5) is 49.5. The highest BCUT2D eigenvalue weighted by Crippen LogP contribution is 2.52. The molecule has 13 heteroatoms. The van der Waals surface area contributed by atoms with Gasteiger partial charge in [-0.05, 0) is 67.5 Å². The molecule has 0 radical (unpaired) electrons. The van der Waals surface area contributed by atoms with Crippen LogP contribution < -0.4 is 10.2 Å². The molecule has 3 amide bonds. The first-order chi connectivity index (χ1) is 21.5. The zero-order chi connectivity index (χ0) is 33.6. The van der Waals surface area contributed by atoms with Crippen molar-refractivity contribution in [3.63, 3.8) is 0 Å². The van der Waals surface area contributed by atoms with Gasteiger partial charge >= 0.3 is 12.2 Å². The second kappa shape index (κ2) is 12.2. The highest BCUT2D eigenvalue weighted by molar-refractivity contribution is 8.00. The molecular formula is C33H39N5O7S. The maximum atomic E-state index is 13.5. The third-order valence-corrected chi connectivity index (χ3v) is 8.57. The van der Waals surface area contributed by atoms with Gasteiger partial charge in [-0.25, -0.2) is 19.6 Å². The molecule has 46 heavy (non-hydrogen) atoms. The normalized spacial score (nSPS) is 22.2. The maximum Gasteiger partial charge on any atom is 0.425 e. The number of amides is 3. The van der Waals surface area contributed by atoms with E-state index in [0.717, 1.165) is 4.90 Å². The number of nitrogens with zero attached hydrogens (tertiary/aromatic N) is 4. The fourth-order valence-electron chi connectivity index (χ4n) is 5.34. The number of imide groups is 1. The van der Waals surface area contributed by atoms with Crippen LogP contribution in [0, 0.1) is 12.3 Å². The van der Waals surface area contributed by atoms with Gasteiger partial charge in [0.1, 0.15) is 40.8 Å². The van der Waals surface area contributed by atoms with E-state index in [-0.39, 0.29) is 28.5 Å². The number of anilines is 1. The van der Waals surface area contributed by atoms with Gasteiger partial charge in [0.15, 0.2) is 11.6 Å². The summed E-state index contributed by atoms with van der Waals surface area (Å²) < 4.78 is 25.7. The predicted molar refractivity (Wildman–Crippen MR) is 173 cm³/mol. The van der Waals surface area contributed by atoms with Crippen LogP contribution in [0.4, 0.5) is 15.4 Å². The van der Waals surface area contributed by atoms with Crippen molar-refractivity contribution in [2.45, 2.75) is 95.2 Å². The Morgan fingerprint density at radius 3 is 2.22 bits per heavy atom. The van der Waals surface area contributed by atoms with E-state index in [1.54, 1.807) is 71.6 Å². The molecule has 4 heterocycles. The largest absolute Gasteiger partial charge is 0.443 e. The van der Waals surface area contributed by atoms with Crippen molar-refractivity contribution in [1.29, 1.82) is 0 Å². The Morgan fingerprint density at radius 2 is 1.63 bits per heavy atom. The van der Waals surface area contributed by atoms with Crippen LogP contribution in [-0.2, 0) is 18.9 Å². The number of carbonyl (C=O) groups is 3. The first-order valence-corrected chi connectivity index (χ1v) is 15.8. The lowest BCUT2D eigenvalue weighted by atomic mass is 10.1. The number of fused-ring (bicyclic) bond motifs is 2. The number of hydrogen-bond donors (Lipinski definition) is 1. The van der Waals surface area contributed by atoms with E-state index in [4.69, 9.17) is 25.4 Å². The first-order valence-electron chi connectivity index (χ1n) is 14.9. The molecule has 2 saturated heterocycles. The maximum absolute atomic E-state index is 13.5. The Morgan fingerprint density at radius 1 is 1.02 bits per heavy atom. The molecule has 5 rings (SSSR count). The van der Waals surface area contributed by atoms with Crippen LogP contribution in [0.3, 0.4) is 0 Å². The monoisotopic (exact) mass is 649 g/mol. The summed E-state index contributed by atoms with van der Waals surface area (Å²) >= 11 is 1.55. The smallest absolute Gasteiger partial charge is 0.425 e. The van der Waals surface area contributed by atoms with E-state index in [2.05, 4.69) is 21.2 Å². The van der Waals surface area contributed by atoms with Crippen LogP contribution in [0.15, 0.2) is 42.9 Å². The standard InChI is InChI=1S/C33H39N5O7S/c1-10-19-17-37(25-22(19)26(36-18-35-25)38(29(40)44-31(2,3)4)30(41)45-32(5,6)7)28-24-23(42-33(8,9)43-24)21(46-28)16-34-27(39)20-14-12-11-13-15-20/h1,11-15,17-18,21,23-24,28H,16H2,2-9H3,(H,34,39)/t21-,23-,24-,28-/m1/s1. The number of carbonyl (C=O) groups excluding carboxylic acids is 3. The van der Waals surface area contributed by atoms with E-state index in [1.807, 2.05) is 36.6 Å². The Labute approximate surface area is 272 Å². The topological polar surface area (TPSA) is 134 Å². The van der Waals surface area contributed by atoms with Gasteiger partial charge in [-0.3, -0.25) is 4.79 Å². The van der Waals surface area contributed by atoms with Crippen LogP contribution in [0.1, 0.15) is 76.7 Å². The molecule has 2 fully saturated rings. The number of benzene rings is 1. The minimum Gasteiger partial charge on any atom is -0.443 e. The van der Waals surface area contributed by atoms with E-state index >= 15 is 0 Å². The zero-order valence-electron chi connectivity index (χ0n) is 27.2. The average Bonchev–Trinajstić information content (AvgIpc) is 3.58. The molecule has 0 saturated carbocycles. The first kappa shape index (κ1) is 33.2. The van der Waals surface area contributed by atoms with Crippen molar-refractivity contribution >= 4 is 46.7 Å². The summed E-state index contributed by atoms with van der Waals surface area (Å²) in [7, 11) is 0. The van der Waals surface area contributed by atoms with Gasteiger partial charge < -0.3 is 28.8 Å². The van der Waals surface area contributed by atoms with Gasteiger partial charge in [-0.2, -0.15) is 4.90 Å². The molecule has 12 nitrogen and oxygen atoms in total. The SMILES string of the molecule is C#Cc1cn([C@@H]2S[C@H](CNC(=O)c3ccccc3)[C@H]3OC(C)(C)O[C@H]32)c2ncnc(N(C(=O)OC(C)(C)C)C(=O)OC(C)(C)C)c12. The average molecular weight is 650 g/mol. The van der Waals surface area contributed by atoms with Crippen molar-refractivity contribution in [2.75, 3.05) is 11.4 Å². The van der Waals surface area contributed by atoms with Crippen molar-refractivity contribution in [1.82, 2.24) is 19.9 Å². The van der Waals surface area contributed by atoms with Crippen LogP contribution in [-0.4, -0.2) is 73.6 Å². The quantitative estimate of drug-likeness (QED) is 0.346. The van der Waals surface area contributed by atoms with Crippen molar-refractivity contribution < 1.29 is 33.3 Å². The van der Waals surface area contributed by atoms with Crippen LogP contribution in [0.25, 0.3) is 11.0 Å². The number of terminal acetylenes is 1. The molecule has 2 aliphatic rings. The van der Waals surface area contributed by atoms with Gasteiger partial charge in [0.25, 0.3) is 5.91 Å². The van der Waals surface area contributed by atoms with Crippen molar-refractivity contribution in [2.24, 2.45) is 0 Å². The van der Waals surface area contributed by atoms with Crippen LogP contribution >= 0.6 is 11.8 Å². The number of thioether (sulfide) groups is 1. The Balaban J connectivity index is 1.54. The summed E-state index contributed by atoms with van der Waals surface area (Å²) in [5.41, 5.74) is -0.566. The lowest BCUT2D eigenvalue weighted by Crippen LogP contribution is -2.44. The van der Waals surface area contributed by atoms with Gasteiger partial charge in [0.05, 0.1) is 16.2 Å². The molecule has 3 aromatic rings. The Hall–Kier alpha value is -4.12. The van der Waals surface area contributed by atoms with Gasteiger partial charge in [0, 0.05) is 18.3 Å². The molecule has 0 unspecified atom stereocenters. The minimum atomic E-state index is -0.976. The van der Waals surface area contributed by atoms with E-state index in [1.165, 1.54) is 6.33 Å². The summed E-state index contributed by atoms with van der Waals surface area (Å²) in [5.74, 6) is 1.52. The van der Waals surface area contributed by atoms with Crippen LogP contribution in [0.5, 0.6) is 0 Å². The summed E-state index contributed by atoms with van der Waals surface area (Å²) in [6.07, 6.45) is 6.20. The second-order valence-electron chi connectivity index (χ2n) is 13.5. The molecule has 244 valence electrons. The highest BCUT2D eigenvalue weighted by Gasteiger charge is 2.55. The lowest BCUT2D eigenvalue weighted by molar-refractivity contribution is -0.148. The molecule has 1 N–H and O–H groups in total. The number of aromatic nitrogens is 3. The van der Waals surface area contributed by atoms with Gasteiger partial charge in [-0.1, -0.05) is 24.1 Å². The second-order valence-corrected chi connectivity index (χ2v) is 14.9. The Kier molecular flexibility index (Phi) is 8.85. The molecule has 2 aromatic heterocycles. The minimum absolute atomic E-state index is 0.0738. The number of hydrogen-bond acceptors (Lipinski definition) is 10. The van der Waals surface area contributed by atoms with E-state index in [0.29, 0.717) is 23.3 Å². The summed E-state index contributed by atoms with van der Waals surface area (Å²) in [6.45, 7) is 14.1. The molecule has 4 atom stereocenters. The lowest BCUT2D eigenvalue weighted by Gasteiger charge is -2.28. The number of rotatable bonds is 5. The molecule has 1 aromatic carbocycles. The molecule has 2 aliphatic heterocycles. The van der Waals surface area contributed by atoms with E-state index < -0.39 is 40.7 Å². The molecule has 0 aliphatic carbocycles. The molecule has 0 bridgehead atoms. The molecule has 0 spiro atoms. The van der Waals surface area contributed by atoms with Gasteiger partial charge in [-0.15, -0.1) is 18.2 Å². The summed E-state index contributed by atoms with van der Waals surface area (Å²) in [5, 5.41) is 2.73. The zero-order valence-corrected chi connectivity index (χ0v) is 28.0. The van der Waals surface area contributed by atoms with Crippen molar-refractivity contribution in [3.8, 4) is 12.3 Å². The highest BCUT2D eigenvalue weighted by atomic mass is 32.2. The predicted octanol–water partition coefficient (Wildman–Crippen LogP) is 5.65. The van der Waals surface area contributed by atoms with Crippen LogP contribution in [0.2, 0.25) is 0 Å². The van der Waals surface area contributed by atoms with Gasteiger partial charge in [0.2, 0.25) is 0 Å². The summed E-state index contributed by atoms with van der Waals surface area (Å²) in [6, 6.07) is 8.98. The van der Waals surface area contributed by atoms with Crippen molar-refractivity contribution in [3.05, 3.63) is 54.0 Å². The molecular weight excluding hydrogens is 610 g/mol. The fraction of sp³-hybridized carbons (Fsp3) is 0.485. The third kappa shape index (κ3) is 6.99. The number of nitrogens with one attached hydrogen (secondary N) is 1. The third-order valence-electron chi connectivity index (χ3n) is 7.01. The van der Waals surface area contributed by atoms with E-state index in [9.17, 15) is 14.4 Å². The Bertz CT molecular complexity index is 1660. The fourth-order valence-corrected chi connectivity index (χ4v) is 6.90. The number of ether oxygens (including phenoxy) is 4.